The molecule has 8 heteroatoms. The van der Waals surface area contributed by atoms with Crippen LogP contribution in [0.15, 0.2) is 52.4 Å². The number of nitrogens with two attached hydrogens (primary N) is 1. The van der Waals surface area contributed by atoms with Crippen LogP contribution in [0.1, 0.15) is 5.56 Å². The minimum Gasteiger partial charge on any atom is -0.392 e. The van der Waals surface area contributed by atoms with Crippen LogP contribution in [0.3, 0.4) is 0 Å². The SMILES string of the molecule is Nc1c(-c2cc(-c3cccs3)no2)nnn1-c1ccc(CO)cc1. The van der Waals surface area contributed by atoms with Crippen molar-refractivity contribution in [3.05, 3.63) is 53.4 Å². The van der Waals surface area contributed by atoms with Gasteiger partial charge in [0.1, 0.15) is 5.69 Å². The van der Waals surface area contributed by atoms with Gasteiger partial charge in [-0.25, -0.2) is 0 Å². The maximum atomic E-state index is 9.11. The number of hydrogen-bond donors (Lipinski definition) is 2. The molecule has 0 saturated carbocycles. The Morgan fingerprint density at radius 2 is 2.04 bits per heavy atom. The van der Waals surface area contributed by atoms with Crippen LogP contribution in [0.2, 0.25) is 0 Å². The van der Waals surface area contributed by atoms with E-state index in [0.29, 0.717) is 17.3 Å². The maximum Gasteiger partial charge on any atom is 0.191 e. The molecule has 0 aliphatic carbocycles. The second kappa shape index (κ2) is 5.91. The summed E-state index contributed by atoms with van der Waals surface area (Å²) in [5, 5.41) is 23.3. The molecule has 0 saturated heterocycles. The number of thiophene rings is 1. The lowest BCUT2D eigenvalue weighted by atomic mass is 10.2. The molecule has 0 amide bonds. The first-order valence-corrected chi connectivity index (χ1v) is 8.06. The highest BCUT2D eigenvalue weighted by Crippen LogP contribution is 2.30. The lowest BCUT2D eigenvalue weighted by Gasteiger charge is -2.03. The fourth-order valence-electron chi connectivity index (χ4n) is 2.33. The van der Waals surface area contributed by atoms with Gasteiger partial charge in [0.2, 0.25) is 0 Å². The highest BCUT2D eigenvalue weighted by atomic mass is 32.1. The number of aliphatic hydroxyl groups is 1. The van der Waals surface area contributed by atoms with Gasteiger partial charge in [-0.15, -0.1) is 16.4 Å². The first-order chi connectivity index (χ1) is 11.8. The van der Waals surface area contributed by atoms with Crippen LogP contribution < -0.4 is 5.73 Å². The molecule has 0 fully saturated rings. The van der Waals surface area contributed by atoms with Gasteiger partial charge in [-0.3, -0.25) is 0 Å². The van der Waals surface area contributed by atoms with Crippen LogP contribution in [0.25, 0.3) is 27.7 Å². The molecule has 3 heterocycles. The van der Waals surface area contributed by atoms with Gasteiger partial charge in [0, 0.05) is 6.07 Å². The van der Waals surface area contributed by atoms with E-state index in [0.717, 1.165) is 21.8 Å². The number of aliphatic hydroxyl groups excluding tert-OH is 1. The Morgan fingerprint density at radius 1 is 1.21 bits per heavy atom. The molecule has 3 N–H and O–H groups in total. The highest BCUT2D eigenvalue weighted by molar-refractivity contribution is 7.13. The van der Waals surface area contributed by atoms with Crippen molar-refractivity contribution in [2.45, 2.75) is 6.61 Å². The van der Waals surface area contributed by atoms with E-state index in [1.54, 1.807) is 29.5 Å². The molecule has 0 radical (unpaired) electrons. The third-order valence-electron chi connectivity index (χ3n) is 3.59. The molecule has 0 unspecified atom stereocenters. The average Bonchev–Trinajstić information content (AvgIpc) is 3.35. The van der Waals surface area contributed by atoms with E-state index in [1.807, 2.05) is 29.6 Å². The molecule has 120 valence electrons. The number of aromatic nitrogens is 4. The predicted octanol–water partition coefficient (Wildman–Crippen LogP) is 2.73. The zero-order chi connectivity index (χ0) is 16.5. The molecule has 0 spiro atoms. The van der Waals surface area contributed by atoms with Crippen molar-refractivity contribution in [3.63, 3.8) is 0 Å². The zero-order valence-corrected chi connectivity index (χ0v) is 13.3. The van der Waals surface area contributed by atoms with Gasteiger partial charge in [-0.05, 0) is 29.1 Å². The van der Waals surface area contributed by atoms with E-state index < -0.39 is 0 Å². The van der Waals surface area contributed by atoms with Crippen molar-refractivity contribution in [1.29, 1.82) is 0 Å². The van der Waals surface area contributed by atoms with E-state index in [4.69, 9.17) is 15.4 Å². The van der Waals surface area contributed by atoms with Gasteiger partial charge in [0.25, 0.3) is 0 Å². The summed E-state index contributed by atoms with van der Waals surface area (Å²) in [7, 11) is 0. The molecular formula is C16H13N5O2S. The van der Waals surface area contributed by atoms with Crippen molar-refractivity contribution in [3.8, 4) is 27.7 Å². The molecule has 24 heavy (non-hydrogen) atoms. The lowest BCUT2D eigenvalue weighted by molar-refractivity contribution is 0.282. The molecule has 7 nitrogen and oxygen atoms in total. The lowest BCUT2D eigenvalue weighted by Crippen LogP contribution is -2.02. The number of nitrogens with zero attached hydrogens (tertiary/aromatic N) is 4. The normalized spacial score (nSPS) is 11.0. The number of nitrogen functional groups attached to an aromatic ring is 1. The summed E-state index contributed by atoms with van der Waals surface area (Å²) in [6.45, 7) is -0.0120. The first kappa shape index (κ1) is 14.6. The van der Waals surface area contributed by atoms with E-state index in [-0.39, 0.29) is 6.61 Å². The summed E-state index contributed by atoms with van der Waals surface area (Å²) >= 11 is 1.58. The smallest absolute Gasteiger partial charge is 0.191 e. The fraction of sp³-hybridized carbons (Fsp3) is 0.0625. The Morgan fingerprint density at radius 3 is 2.75 bits per heavy atom. The number of rotatable bonds is 4. The fourth-order valence-corrected chi connectivity index (χ4v) is 3.00. The van der Waals surface area contributed by atoms with Crippen molar-refractivity contribution in [1.82, 2.24) is 20.2 Å². The van der Waals surface area contributed by atoms with Crippen LogP contribution in [0.4, 0.5) is 5.82 Å². The zero-order valence-electron chi connectivity index (χ0n) is 12.5. The summed E-state index contributed by atoms with van der Waals surface area (Å²) < 4.78 is 6.89. The number of anilines is 1. The van der Waals surface area contributed by atoms with Crippen LogP contribution in [0, 0.1) is 0 Å². The summed E-state index contributed by atoms with van der Waals surface area (Å²) in [4.78, 5) is 1.01. The molecular weight excluding hydrogens is 326 g/mol. The highest BCUT2D eigenvalue weighted by Gasteiger charge is 2.18. The van der Waals surface area contributed by atoms with Gasteiger partial charge in [-0.1, -0.05) is 28.6 Å². The van der Waals surface area contributed by atoms with Crippen molar-refractivity contribution >= 4 is 17.2 Å². The van der Waals surface area contributed by atoms with Crippen LogP contribution in [-0.2, 0) is 6.61 Å². The average molecular weight is 339 g/mol. The second-order valence-corrected chi connectivity index (χ2v) is 6.06. The van der Waals surface area contributed by atoms with E-state index >= 15 is 0 Å². The Bertz CT molecular complexity index is 957. The third kappa shape index (κ3) is 2.47. The van der Waals surface area contributed by atoms with E-state index in [2.05, 4.69) is 15.5 Å². The Hall–Kier alpha value is -2.97. The van der Waals surface area contributed by atoms with Gasteiger partial charge in [-0.2, -0.15) is 4.68 Å². The standard InChI is InChI=1S/C16H13N5O2S/c17-16-15(13-8-12(19-23-13)14-2-1-7-24-14)18-20-21(16)11-5-3-10(9-22)4-6-11/h1-8,22H,9,17H2. The minimum atomic E-state index is -0.0120. The number of benzene rings is 1. The molecule has 4 rings (SSSR count). The van der Waals surface area contributed by atoms with Crippen molar-refractivity contribution < 1.29 is 9.63 Å². The van der Waals surface area contributed by atoms with Gasteiger partial charge in [0.15, 0.2) is 17.3 Å². The Kier molecular flexibility index (Phi) is 3.60. The monoisotopic (exact) mass is 339 g/mol. The summed E-state index contributed by atoms with van der Waals surface area (Å²) in [6.07, 6.45) is 0. The van der Waals surface area contributed by atoms with E-state index in [9.17, 15) is 0 Å². The molecule has 0 atom stereocenters. The summed E-state index contributed by atoms with van der Waals surface area (Å²) in [5.41, 5.74) is 8.91. The van der Waals surface area contributed by atoms with E-state index in [1.165, 1.54) is 4.68 Å². The predicted molar refractivity (Wildman–Crippen MR) is 90.5 cm³/mol. The molecule has 0 aliphatic heterocycles. The minimum absolute atomic E-state index is 0.0120. The van der Waals surface area contributed by atoms with Crippen molar-refractivity contribution in [2.24, 2.45) is 0 Å². The summed E-state index contributed by atoms with van der Waals surface area (Å²) in [5.74, 6) is 0.828. The Balaban J connectivity index is 1.69. The molecule has 0 bridgehead atoms. The Labute approximate surface area is 141 Å². The molecule has 4 aromatic rings. The van der Waals surface area contributed by atoms with Crippen LogP contribution in [0.5, 0.6) is 0 Å². The third-order valence-corrected chi connectivity index (χ3v) is 4.48. The maximum absolute atomic E-state index is 9.11. The van der Waals surface area contributed by atoms with Gasteiger partial charge in [0.05, 0.1) is 17.2 Å². The molecule has 1 aromatic carbocycles. The first-order valence-electron chi connectivity index (χ1n) is 7.18. The van der Waals surface area contributed by atoms with Gasteiger partial charge >= 0.3 is 0 Å². The largest absolute Gasteiger partial charge is 0.392 e. The molecule has 0 aliphatic rings. The number of hydrogen-bond acceptors (Lipinski definition) is 7. The molecule has 3 aromatic heterocycles. The quantitative estimate of drug-likeness (QED) is 0.592. The second-order valence-electron chi connectivity index (χ2n) is 5.11. The topological polar surface area (TPSA) is 103 Å². The van der Waals surface area contributed by atoms with Crippen molar-refractivity contribution in [2.75, 3.05) is 5.73 Å². The van der Waals surface area contributed by atoms with Crippen LogP contribution >= 0.6 is 11.3 Å². The van der Waals surface area contributed by atoms with Gasteiger partial charge < -0.3 is 15.4 Å². The summed E-state index contributed by atoms with van der Waals surface area (Å²) in [6, 6.07) is 13.0. The van der Waals surface area contributed by atoms with Crippen LogP contribution in [-0.4, -0.2) is 25.3 Å².